The molecule has 5 heteroatoms. The van der Waals surface area contributed by atoms with Crippen molar-refractivity contribution < 1.29 is 9.47 Å². The zero-order valence-corrected chi connectivity index (χ0v) is 13.2. The van der Waals surface area contributed by atoms with E-state index in [9.17, 15) is 0 Å². The van der Waals surface area contributed by atoms with Crippen molar-refractivity contribution in [2.24, 2.45) is 0 Å². The summed E-state index contributed by atoms with van der Waals surface area (Å²) in [5.74, 6) is 1.68. The van der Waals surface area contributed by atoms with Gasteiger partial charge in [-0.2, -0.15) is 0 Å². The molecule has 0 unspecified atom stereocenters. The van der Waals surface area contributed by atoms with Crippen molar-refractivity contribution in [2.45, 2.75) is 25.8 Å². The molecule has 0 radical (unpaired) electrons. The van der Waals surface area contributed by atoms with Gasteiger partial charge in [-0.3, -0.25) is 0 Å². The normalized spacial score (nSPS) is 17.9. The molecule has 0 aromatic heterocycles. The lowest BCUT2D eigenvalue weighted by molar-refractivity contribution is 0.174. The standard InChI is InChI=1S/C15H21BrN2O2/c16-13-9-15-14(19-11-20-15)8-12(13)10-17-4-3-7-18-5-1-2-6-18/h8-9,17H,1-7,10-11H2. The lowest BCUT2D eigenvalue weighted by Gasteiger charge is -2.14. The summed E-state index contributed by atoms with van der Waals surface area (Å²) in [5, 5.41) is 3.50. The van der Waals surface area contributed by atoms with E-state index in [2.05, 4.69) is 32.2 Å². The van der Waals surface area contributed by atoms with Crippen LogP contribution in [0.3, 0.4) is 0 Å². The van der Waals surface area contributed by atoms with Crippen molar-refractivity contribution in [3.63, 3.8) is 0 Å². The first-order chi connectivity index (χ1) is 9.83. The topological polar surface area (TPSA) is 33.7 Å². The third kappa shape index (κ3) is 3.45. The lowest BCUT2D eigenvalue weighted by Crippen LogP contribution is -2.24. The molecule has 0 bridgehead atoms. The van der Waals surface area contributed by atoms with Gasteiger partial charge in [0, 0.05) is 11.0 Å². The number of nitrogens with one attached hydrogen (secondary N) is 1. The fourth-order valence-corrected chi connectivity index (χ4v) is 3.21. The summed E-state index contributed by atoms with van der Waals surface area (Å²) >= 11 is 3.59. The van der Waals surface area contributed by atoms with Crippen LogP contribution in [0.5, 0.6) is 11.5 Å². The van der Waals surface area contributed by atoms with Crippen LogP contribution >= 0.6 is 15.9 Å². The zero-order valence-electron chi connectivity index (χ0n) is 11.7. The van der Waals surface area contributed by atoms with Gasteiger partial charge in [0.25, 0.3) is 0 Å². The van der Waals surface area contributed by atoms with E-state index in [4.69, 9.17) is 9.47 Å². The lowest BCUT2D eigenvalue weighted by atomic mass is 10.2. The minimum Gasteiger partial charge on any atom is -0.454 e. The predicted molar refractivity (Wildman–Crippen MR) is 82.3 cm³/mol. The van der Waals surface area contributed by atoms with Gasteiger partial charge in [-0.25, -0.2) is 0 Å². The number of rotatable bonds is 6. The van der Waals surface area contributed by atoms with Gasteiger partial charge < -0.3 is 19.7 Å². The number of benzene rings is 1. The largest absolute Gasteiger partial charge is 0.454 e. The maximum Gasteiger partial charge on any atom is 0.231 e. The Morgan fingerprint density at radius 3 is 2.70 bits per heavy atom. The molecule has 4 nitrogen and oxygen atoms in total. The molecule has 0 atom stereocenters. The summed E-state index contributed by atoms with van der Waals surface area (Å²) in [7, 11) is 0. The summed E-state index contributed by atoms with van der Waals surface area (Å²) in [5.41, 5.74) is 1.22. The maximum absolute atomic E-state index is 5.41. The maximum atomic E-state index is 5.41. The van der Waals surface area contributed by atoms with Crippen LogP contribution in [-0.2, 0) is 6.54 Å². The molecule has 0 saturated carbocycles. The molecule has 110 valence electrons. The SMILES string of the molecule is Brc1cc2c(cc1CNCCCN1CCCC1)OCO2. The highest BCUT2D eigenvalue weighted by molar-refractivity contribution is 9.10. The first kappa shape index (κ1) is 14.2. The zero-order chi connectivity index (χ0) is 13.8. The molecule has 20 heavy (non-hydrogen) atoms. The van der Waals surface area contributed by atoms with Gasteiger partial charge in [0.1, 0.15) is 0 Å². The molecule has 0 aliphatic carbocycles. The van der Waals surface area contributed by atoms with Gasteiger partial charge in [0.15, 0.2) is 11.5 Å². The number of halogens is 1. The molecular formula is C15H21BrN2O2. The van der Waals surface area contributed by atoms with Gasteiger partial charge in [-0.15, -0.1) is 0 Å². The molecule has 1 aromatic rings. The van der Waals surface area contributed by atoms with E-state index in [0.29, 0.717) is 6.79 Å². The summed E-state index contributed by atoms with van der Waals surface area (Å²) in [6.45, 7) is 6.03. The second-order valence-electron chi connectivity index (χ2n) is 5.38. The Balaban J connectivity index is 1.42. The van der Waals surface area contributed by atoms with Crippen molar-refractivity contribution in [1.82, 2.24) is 10.2 Å². The Morgan fingerprint density at radius 2 is 1.90 bits per heavy atom. The van der Waals surface area contributed by atoms with Crippen molar-refractivity contribution in [1.29, 1.82) is 0 Å². The smallest absolute Gasteiger partial charge is 0.231 e. The summed E-state index contributed by atoms with van der Waals surface area (Å²) in [4.78, 5) is 2.55. The van der Waals surface area contributed by atoms with Crippen molar-refractivity contribution in [3.8, 4) is 11.5 Å². The van der Waals surface area contributed by atoms with E-state index in [-0.39, 0.29) is 0 Å². The van der Waals surface area contributed by atoms with E-state index in [1.165, 1.54) is 44.5 Å². The van der Waals surface area contributed by atoms with E-state index in [1.54, 1.807) is 0 Å². The molecule has 0 amide bonds. The summed E-state index contributed by atoms with van der Waals surface area (Å²) < 4.78 is 11.8. The average Bonchev–Trinajstić information content (AvgIpc) is 3.09. The molecule has 2 heterocycles. The highest BCUT2D eigenvalue weighted by Gasteiger charge is 2.16. The molecule has 2 aliphatic heterocycles. The molecule has 2 aliphatic rings. The molecule has 3 rings (SSSR count). The molecule has 1 saturated heterocycles. The number of fused-ring (bicyclic) bond motifs is 1. The first-order valence-electron chi connectivity index (χ1n) is 7.34. The Hall–Kier alpha value is -0.780. The van der Waals surface area contributed by atoms with E-state index < -0.39 is 0 Å². The van der Waals surface area contributed by atoms with Crippen LogP contribution in [0.25, 0.3) is 0 Å². The number of hydrogen-bond acceptors (Lipinski definition) is 4. The fraction of sp³-hybridized carbons (Fsp3) is 0.600. The highest BCUT2D eigenvalue weighted by Crippen LogP contribution is 2.36. The molecule has 0 spiro atoms. The van der Waals surface area contributed by atoms with Gasteiger partial charge in [-0.1, -0.05) is 15.9 Å². The molecule has 1 aromatic carbocycles. The van der Waals surface area contributed by atoms with Crippen LogP contribution in [0.4, 0.5) is 0 Å². The highest BCUT2D eigenvalue weighted by atomic mass is 79.9. The van der Waals surface area contributed by atoms with Gasteiger partial charge in [0.05, 0.1) is 0 Å². The second-order valence-corrected chi connectivity index (χ2v) is 6.23. The molecular weight excluding hydrogens is 320 g/mol. The van der Waals surface area contributed by atoms with Crippen LogP contribution in [0, 0.1) is 0 Å². The summed E-state index contributed by atoms with van der Waals surface area (Å²) in [6.07, 6.45) is 3.96. The molecule has 1 fully saturated rings. The van der Waals surface area contributed by atoms with Crippen LogP contribution in [0.15, 0.2) is 16.6 Å². The fourth-order valence-electron chi connectivity index (χ4n) is 2.75. The third-order valence-electron chi connectivity index (χ3n) is 3.88. The van der Waals surface area contributed by atoms with Crippen LogP contribution < -0.4 is 14.8 Å². The third-order valence-corrected chi connectivity index (χ3v) is 4.62. The number of nitrogens with zero attached hydrogens (tertiary/aromatic N) is 1. The van der Waals surface area contributed by atoms with Crippen LogP contribution in [-0.4, -0.2) is 37.9 Å². The Bertz CT molecular complexity index is 461. The van der Waals surface area contributed by atoms with Crippen molar-refractivity contribution in [2.75, 3.05) is 33.0 Å². The number of hydrogen-bond donors (Lipinski definition) is 1. The monoisotopic (exact) mass is 340 g/mol. The van der Waals surface area contributed by atoms with Crippen LogP contribution in [0.1, 0.15) is 24.8 Å². The van der Waals surface area contributed by atoms with Crippen molar-refractivity contribution in [3.05, 3.63) is 22.2 Å². The van der Waals surface area contributed by atoms with E-state index >= 15 is 0 Å². The van der Waals surface area contributed by atoms with Crippen molar-refractivity contribution >= 4 is 15.9 Å². The number of likely N-dealkylation sites (tertiary alicyclic amines) is 1. The van der Waals surface area contributed by atoms with Gasteiger partial charge >= 0.3 is 0 Å². The Kier molecular flexibility index (Phi) is 4.81. The second kappa shape index (κ2) is 6.78. The summed E-state index contributed by atoms with van der Waals surface area (Å²) in [6, 6.07) is 4.05. The van der Waals surface area contributed by atoms with Gasteiger partial charge in [-0.05, 0) is 63.1 Å². The van der Waals surface area contributed by atoms with E-state index in [1.807, 2.05) is 6.07 Å². The minimum atomic E-state index is 0.328. The average molecular weight is 341 g/mol. The Labute approximate surface area is 128 Å². The number of ether oxygens (including phenoxy) is 2. The van der Waals surface area contributed by atoms with Gasteiger partial charge in [0.2, 0.25) is 6.79 Å². The molecule has 1 N–H and O–H groups in total. The minimum absolute atomic E-state index is 0.328. The first-order valence-corrected chi connectivity index (χ1v) is 8.13. The van der Waals surface area contributed by atoms with Crippen LogP contribution in [0.2, 0.25) is 0 Å². The Morgan fingerprint density at radius 1 is 1.15 bits per heavy atom. The predicted octanol–water partition coefficient (Wildman–Crippen LogP) is 2.75. The quantitative estimate of drug-likeness (QED) is 0.807. The van der Waals surface area contributed by atoms with E-state index in [0.717, 1.165) is 29.1 Å².